The molecule has 0 aromatic heterocycles. The van der Waals surface area contributed by atoms with Crippen LogP contribution in [0.3, 0.4) is 0 Å². The predicted octanol–water partition coefficient (Wildman–Crippen LogP) is 1.84. The van der Waals surface area contributed by atoms with Gasteiger partial charge in [0.05, 0.1) is 19.5 Å². The van der Waals surface area contributed by atoms with Crippen molar-refractivity contribution in [3.05, 3.63) is 12.3 Å². The van der Waals surface area contributed by atoms with E-state index in [4.69, 9.17) is 9.47 Å². The van der Waals surface area contributed by atoms with Crippen molar-refractivity contribution in [1.82, 2.24) is 0 Å². The number of ether oxygens (including phenoxy) is 2. The molecular weight excluding hydrogens is 196 g/mol. The van der Waals surface area contributed by atoms with E-state index in [2.05, 4.69) is 0 Å². The van der Waals surface area contributed by atoms with Crippen LogP contribution in [0.1, 0.15) is 33.1 Å². The summed E-state index contributed by atoms with van der Waals surface area (Å²) in [5.74, 6) is -1.50. The highest BCUT2D eigenvalue weighted by Gasteiger charge is 2.10. The van der Waals surface area contributed by atoms with E-state index in [1.54, 1.807) is 0 Å². The van der Waals surface area contributed by atoms with Crippen LogP contribution in [0.25, 0.3) is 0 Å². The first-order chi connectivity index (χ1) is 7.22. The van der Waals surface area contributed by atoms with E-state index >= 15 is 0 Å². The minimum atomic E-state index is -0.820. The van der Waals surface area contributed by atoms with Crippen LogP contribution >= 0.6 is 0 Å². The molecule has 0 aromatic carbocycles. The number of hydrogen-bond acceptors (Lipinski definition) is 4. The number of rotatable bonds is 8. The van der Waals surface area contributed by atoms with E-state index in [0.29, 0.717) is 13.2 Å². The SMILES string of the molecule is CCCCOC(=O)C(=O)C=COCCC. The van der Waals surface area contributed by atoms with Crippen molar-refractivity contribution in [1.29, 1.82) is 0 Å². The molecule has 0 bridgehead atoms. The van der Waals surface area contributed by atoms with Gasteiger partial charge in [0.15, 0.2) is 0 Å². The van der Waals surface area contributed by atoms with Gasteiger partial charge in [0.25, 0.3) is 5.78 Å². The highest BCUT2D eigenvalue weighted by atomic mass is 16.5. The van der Waals surface area contributed by atoms with Crippen LogP contribution in [0.2, 0.25) is 0 Å². The molecule has 0 saturated heterocycles. The van der Waals surface area contributed by atoms with Gasteiger partial charge >= 0.3 is 5.97 Å². The number of unbranched alkanes of at least 4 members (excludes halogenated alkanes) is 1. The number of hydrogen-bond donors (Lipinski definition) is 0. The third-order valence-electron chi connectivity index (χ3n) is 1.57. The predicted molar refractivity (Wildman–Crippen MR) is 56.3 cm³/mol. The fraction of sp³-hybridized carbons (Fsp3) is 0.636. The van der Waals surface area contributed by atoms with E-state index in [1.807, 2.05) is 13.8 Å². The van der Waals surface area contributed by atoms with Gasteiger partial charge in [0.2, 0.25) is 0 Å². The Labute approximate surface area is 90.2 Å². The molecule has 0 radical (unpaired) electrons. The first-order valence-corrected chi connectivity index (χ1v) is 5.21. The normalized spacial score (nSPS) is 10.3. The van der Waals surface area contributed by atoms with Crippen LogP contribution in [0.15, 0.2) is 12.3 Å². The minimum absolute atomic E-state index is 0.296. The van der Waals surface area contributed by atoms with E-state index < -0.39 is 11.8 Å². The van der Waals surface area contributed by atoms with Gasteiger partial charge in [0.1, 0.15) is 0 Å². The molecule has 0 saturated carbocycles. The Morgan fingerprint density at radius 3 is 2.47 bits per heavy atom. The van der Waals surface area contributed by atoms with E-state index in [9.17, 15) is 9.59 Å². The minimum Gasteiger partial charge on any atom is -0.501 e. The van der Waals surface area contributed by atoms with Gasteiger partial charge in [0, 0.05) is 6.08 Å². The Balaban J connectivity index is 3.68. The molecule has 0 heterocycles. The molecule has 0 aromatic rings. The van der Waals surface area contributed by atoms with Crippen LogP contribution in [0.5, 0.6) is 0 Å². The molecule has 0 spiro atoms. The van der Waals surface area contributed by atoms with Gasteiger partial charge < -0.3 is 9.47 Å². The van der Waals surface area contributed by atoms with E-state index in [0.717, 1.165) is 25.3 Å². The average Bonchev–Trinajstić information content (AvgIpc) is 2.24. The highest BCUT2D eigenvalue weighted by Crippen LogP contribution is 1.91. The van der Waals surface area contributed by atoms with Gasteiger partial charge in [-0.3, -0.25) is 4.79 Å². The number of carbonyl (C=O) groups excluding carboxylic acids is 2. The van der Waals surface area contributed by atoms with Crippen molar-refractivity contribution in [2.45, 2.75) is 33.1 Å². The number of ketones is 1. The molecule has 0 atom stereocenters. The maximum atomic E-state index is 11.1. The van der Waals surface area contributed by atoms with Crippen LogP contribution in [-0.2, 0) is 19.1 Å². The lowest BCUT2D eigenvalue weighted by molar-refractivity contribution is -0.151. The molecule has 0 unspecified atom stereocenters. The van der Waals surface area contributed by atoms with Crippen LogP contribution in [-0.4, -0.2) is 25.0 Å². The summed E-state index contributed by atoms with van der Waals surface area (Å²) in [5.41, 5.74) is 0. The summed E-state index contributed by atoms with van der Waals surface area (Å²) < 4.78 is 9.63. The lowest BCUT2D eigenvalue weighted by Gasteiger charge is -2.00. The Kier molecular flexibility index (Phi) is 8.43. The summed E-state index contributed by atoms with van der Waals surface area (Å²) in [6, 6.07) is 0. The maximum Gasteiger partial charge on any atom is 0.379 e. The molecule has 0 aliphatic rings. The highest BCUT2D eigenvalue weighted by molar-refractivity contribution is 6.38. The Bertz CT molecular complexity index is 221. The lowest BCUT2D eigenvalue weighted by atomic mass is 10.3. The lowest BCUT2D eigenvalue weighted by Crippen LogP contribution is -2.15. The summed E-state index contributed by atoms with van der Waals surface area (Å²) in [6.07, 6.45) is 4.88. The summed E-state index contributed by atoms with van der Waals surface area (Å²) in [7, 11) is 0. The van der Waals surface area contributed by atoms with Gasteiger partial charge in [-0.1, -0.05) is 20.3 Å². The van der Waals surface area contributed by atoms with Crippen molar-refractivity contribution in [2.75, 3.05) is 13.2 Å². The van der Waals surface area contributed by atoms with Crippen molar-refractivity contribution in [3.63, 3.8) is 0 Å². The maximum absolute atomic E-state index is 11.1. The molecule has 4 heteroatoms. The molecule has 0 N–H and O–H groups in total. The number of esters is 1. The van der Waals surface area contributed by atoms with Crippen molar-refractivity contribution in [3.8, 4) is 0 Å². The Morgan fingerprint density at radius 1 is 1.13 bits per heavy atom. The average molecular weight is 214 g/mol. The zero-order valence-electron chi connectivity index (χ0n) is 9.32. The number of carbonyl (C=O) groups is 2. The van der Waals surface area contributed by atoms with Gasteiger partial charge in [-0.15, -0.1) is 0 Å². The molecule has 0 amide bonds. The molecule has 0 rings (SSSR count). The van der Waals surface area contributed by atoms with Gasteiger partial charge in [-0.25, -0.2) is 4.79 Å². The van der Waals surface area contributed by atoms with E-state index in [1.165, 1.54) is 6.26 Å². The summed E-state index contributed by atoms with van der Waals surface area (Å²) in [4.78, 5) is 22.1. The summed E-state index contributed by atoms with van der Waals surface area (Å²) >= 11 is 0. The standard InChI is InChI=1S/C11H18O4/c1-3-5-8-15-11(13)10(12)6-9-14-7-4-2/h6,9H,3-5,7-8H2,1-2H3. The van der Waals surface area contributed by atoms with Crippen molar-refractivity contribution in [2.24, 2.45) is 0 Å². The molecule has 4 nitrogen and oxygen atoms in total. The third kappa shape index (κ3) is 7.73. The zero-order valence-corrected chi connectivity index (χ0v) is 9.32. The fourth-order valence-electron chi connectivity index (χ4n) is 0.744. The van der Waals surface area contributed by atoms with Gasteiger partial charge in [-0.2, -0.15) is 0 Å². The van der Waals surface area contributed by atoms with Crippen molar-refractivity contribution >= 4 is 11.8 Å². The summed E-state index contributed by atoms with van der Waals surface area (Å²) in [5, 5.41) is 0. The first-order valence-electron chi connectivity index (χ1n) is 5.21. The first kappa shape index (κ1) is 13.7. The molecule has 15 heavy (non-hydrogen) atoms. The molecule has 0 aliphatic heterocycles. The molecular formula is C11H18O4. The summed E-state index contributed by atoms with van der Waals surface area (Å²) in [6.45, 7) is 4.77. The largest absolute Gasteiger partial charge is 0.501 e. The van der Waals surface area contributed by atoms with E-state index in [-0.39, 0.29) is 0 Å². The fourth-order valence-corrected chi connectivity index (χ4v) is 0.744. The smallest absolute Gasteiger partial charge is 0.379 e. The van der Waals surface area contributed by atoms with Crippen LogP contribution < -0.4 is 0 Å². The van der Waals surface area contributed by atoms with Gasteiger partial charge in [-0.05, 0) is 12.8 Å². The topological polar surface area (TPSA) is 52.6 Å². The second kappa shape index (κ2) is 9.24. The van der Waals surface area contributed by atoms with Crippen LogP contribution in [0, 0.1) is 0 Å². The Hall–Kier alpha value is -1.32. The second-order valence-corrected chi connectivity index (χ2v) is 3.03. The molecule has 0 fully saturated rings. The molecule has 86 valence electrons. The second-order valence-electron chi connectivity index (χ2n) is 3.03. The van der Waals surface area contributed by atoms with Crippen LogP contribution in [0.4, 0.5) is 0 Å². The molecule has 0 aliphatic carbocycles. The monoisotopic (exact) mass is 214 g/mol. The third-order valence-corrected chi connectivity index (χ3v) is 1.57. The van der Waals surface area contributed by atoms with Crippen molar-refractivity contribution < 1.29 is 19.1 Å². The zero-order chi connectivity index (χ0) is 11.5. The Morgan fingerprint density at radius 2 is 1.87 bits per heavy atom. The quantitative estimate of drug-likeness (QED) is 0.203.